The zero-order valence-corrected chi connectivity index (χ0v) is 13.5. The third-order valence-corrected chi connectivity index (χ3v) is 5.49. The fourth-order valence-electron chi connectivity index (χ4n) is 2.51. The lowest BCUT2D eigenvalue weighted by atomic mass is 10.1. The van der Waals surface area contributed by atoms with E-state index < -0.39 is 0 Å². The summed E-state index contributed by atoms with van der Waals surface area (Å²) in [7, 11) is 0. The molecule has 0 atom stereocenters. The van der Waals surface area contributed by atoms with Crippen LogP contribution in [0.2, 0.25) is 0 Å². The Morgan fingerprint density at radius 2 is 1.89 bits per heavy atom. The van der Waals surface area contributed by atoms with Gasteiger partial charge in [0, 0.05) is 25.2 Å². The molecule has 0 fully saturated rings. The Morgan fingerprint density at radius 1 is 1.11 bits per heavy atom. The molecule has 1 heterocycles. The highest BCUT2D eigenvalue weighted by Crippen LogP contribution is 2.37. The van der Waals surface area contributed by atoms with Crippen molar-refractivity contribution in [3.63, 3.8) is 0 Å². The summed E-state index contributed by atoms with van der Waals surface area (Å²) in [6.07, 6.45) is 1.96. The van der Waals surface area contributed by atoms with E-state index in [2.05, 4.69) is 67.2 Å². The number of aryl methyl sites for hydroxylation is 1. The molecule has 2 aromatic carbocycles. The van der Waals surface area contributed by atoms with Crippen molar-refractivity contribution in [1.82, 2.24) is 4.98 Å². The van der Waals surface area contributed by atoms with Crippen LogP contribution in [0, 0.1) is 0 Å². The van der Waals surface area contributed by atoms with Crippen LogP contribution in [0.15, 0.2) is 39.3 Å². The molecule has 0 spiro atoms. The number of fused-ring (bicyclic) bond motifs is 3. The average molecular weight is 382 g/mol. The van der Waals surface area contributed by atoms with Crippen molar-refractivity contribution in [2.45, 2.75) is 12.8 Å². The lowest BCUT2D eigenvalue weighted by Gasteiger charge is -2.08. The number of H-pyrrole nitrogens is 1. The van der Waals surface area contributed by atoms with Crippen molar-refractivity contribution in [1.29, 1.82) is 0 Å². The Morgan fingerprint density at radius 3 is 2.68 bits per heavy atom. The summed E-state index contributed by atoms with van der Waals surface area (Å²) < 4.78 is 2.22. The quantitative estimate of drug-likeness (QED) is 0.676. The molecule has 0 saturated carbocycles. The predicted molar refractivity (Wildman–Crippen MR) is 88.6 cm³/mol. The topological polar surface area (TPSA) is 41.8 Å². The zero-order valence-electron chi connectivity index (χ0n) is 10.3. The Balaban J connectivity index is 2.35. The number of para-hydroxylation sites is 1. The van der Waals surface area contributed by atoms with Crippen molar-refractivity contribution in [3.8, 4) is 0 Å². The normalized spacial score (nSPS) is 11.5. The lowest BCUT2D eigenvalue weighted by molar-refractivity contribution is 0.833. The molecule has 2 nitrogen and oxygen atoms in total. The molecule has 3 rings (SSSR count). The fourth-order valence-corrected chi connectivity index (χ4v) is 3.49. The minimum atomic E-state index is 0.709. The minimum absolute atomic E-state index is 0.709. The smallest absolute Gasteiger partial charge is 0.0509 e. The van der Waals surface area contributed by atoms with Crippen LogP contribution in [0.3, 0.4) is 0 Å². The van der Waals surface area contributed by atoms with Gasteiger partial charge in [0.15, 0.2) is 0 Å². The lowest BCUT2D eigenvalue weighted by Crippen LogP contribution is -2.01. The first-order valence-electron chi connectivity index (χ1n) is 6.29. The highest BCUT2D eigenvalue weighted by atomic mass is 79.9. The average Bonchev–Trinajstić information content (AvgIpc) is 2.78. The van der Waals surface area contributed by atoms with Gasteiger partial charge in [-0.15, -0.1) is 0 Å². The molecule has 19 heavy (non-hydrogen) atoms. The maximum Gasteiger partial charge on any atom is 0.0509 e. The van der Waals surface area contributed by atoms with E-state index in [1.54, 1.807) is 0 Å². The standard InChI is InChI=1S/C15H14Br2N2/c16-12-8-11-9-4-1-2-6-13(9)19-15(11)10(14(12)17)5-3-7-18/h1-2,4,6,8,19H,3,5,7,18H2. The van der Waals surface area contributed by atoms with Crippen LogP contribution in [-0.4, -0.2) is 11.5 Å². The van der Waals surface area contributed by atoms with Crippen LogP contribution < -0.4 is 5.73 Å². The third kappa shape index (κ3) is 2.22. The molecule has 98 valence electrons. The number of hydrogen-bond acceptors (Lipinski definition) is 1. The van der Waals surface area contributed by atoms with E-state index in [0.717, 1.165) is 21.8 Å². The van der Waals surface area contributed by atoms with Gasteiger partial charge in [0.25, 0.3) is 0 Å². The second-order valence-corrected chi connectivity index (χ2v) is 6.28. The molecular weight excluding hydrogens is 368 g/mol. The van der Waals surface area contributed by atoms with Gasteiger partial charge >= 0.3 is 0 Å². The molecule has 0 bridgehead atoms. The maximum absolute atomic E-state index is 5.65. The van der Waals surface area contributed by atoms with Crippen molar-refractivity contribution in [2.75, 3.05) is 6.54 Å². The summed E-state index contributed by atoms with van der Waals surface area (Å²) in [5.74, 6) is 0. The van der Waals surface area contributed by atoms with Gasteiger partial charge in [0.2, 0.25) is 0 Å². The van der Waals surface area contributed by atoms with E-state index in [0.29, 0.717) is 6.54 Å². The number of benzene rings is 2. The van der Waals surface area contributed by atoms with Gasteiger partial charge in [-0.1, -0.05) is 18.2 Å². The molecular formula is C15H14Br2N2. The van der Waals surface area contributed by atoms with E-state index in [1.807, 2.05) is 0 Å². The van der Waals surface area contributed by atoms with Gasteiger partial charge in [0.05, 0.1) is 5.52 Å². The second-order valence-electron chi connectivity index (χ2n) is 4.64. The molecule has 0 aliphatic heterocycles. The molecule has 1 aromatic heterocycles. The van der Waals surface area contributed by atoms with Gasteiger partial charge < -0.3 is 10.7 Å². The van der Waals surface area contributed by atoms with Gasteiger partial charge in [-0.2, -0.15) is 0 Å². The molecule has 0 aliphatic rings. The molecule has 3 N–H and O–H groups in total. The van der Waals surface area contributed by atoms with Gasteiger partial charge in [-0.05, 0) is 68.9 Å². The van der Waals surface area contributed by atoms with Gasteiger partial charge in [0.1, 0.15) is 0 Å². The highest BCUT2D eigenvalue weighted by molar-refractivity contribution is 9.13. The molecule has 4 heteroatoms. The van der Waals surface area contributed by atoms with Crippen LogP contribution in [0.4, 0.5) is 0 Å². The van der Waals surface area contributed by atoms with Crippen LogP contribution in [-0.2, 0) is 6.42 Å². The molecule has 0 amide bonds. The summed E-state index contributed by atoms with van der Waals surface area (Å²) in [6.45, 7) is 0.709. The Kier molecular flexibility index (Phi) is 3.65. The van der Waals surface area contributed by atoms with Crippen LogP contribution in [0.1, 0.15) is 12.0 Å². The molecule has 0 unspecified atom stereocenters. The van der Waals surface area contributed by atoms with Crippen molar-refractivity contribution >= 4 is 53.7 Å². The summed E-state index contributed by atoms with van der Waals surface area (Å²) >= 11 is 7.32. The number of aromatic amines is 1. The summed E-state index contributed by atoms with van der Waals surface area (Å²) in [6, 6.07) is 10.6. The monoisotopic (exact) mass is 380 g/mol. The Labute approximate surface area is 128 Å². The van der Waals surface area contributed by atoms with E-state index in [-0.39, 0.29) is 0 Å². The van der Waals surface area contributed by atoms with Gasteiger partial charge in [-0.3, -0.25) is 0 Å². The number of rotatable bonds is 3. The zero-order chi connectivity index (χ0) is 13.4. The third-order valence-electron chi connectivity index (χ3n) is 3.42. The number of nitrogens with one attached hydrogen (secondary N) is 1. The van der Waals surface area contributed by atoms with Crippen molar-refractivity contribution in [2.24, 2.45) is 5.73 Å². The number of hydrogen-bond donors (Lipinski definition) is 2. The second kappa shape index (κ2) is 5.27. The van der Waals surface area contributed by atoms with Crippen molar-refractivity contribution in [3.05, 3.63) is 44.8 Å². The number of nitrogens with two attached hydrogens (primary N) is 1. The molecule has 3 aromatic rings. The molecule has 0 radical (unpaired) electrons. The predicted octanol–water partition coefficient (Wildman–Crippen LogP) is 4.74. The van der Waals surface area contributed by atoms with Gasteiger partial charge in [-0.25, -0.2) is 0 Å². The van der Waals surface area contributed by atoms with E-state index in [4.69, 9.17) is 5.73 Å². The first-order valence-corrected chi connectivity index (χ1v) is 7.88. The SMILES string of the molecule is NCCCc1c(Br)c(Br)cc2c1[nH]c1ccccc12. The molecule has 0 saturated heterocycles. The van der Waals surface area contributed by atoms with E-state index >= 15 is 0 Å². The minimum Gasteiger partial charge on any atom is -0.354 e. The molecule has 0 aliphatic carbocycles. The van der Waals surface area contributed by atoms with Crippen LogP contribution in [0.5, 0.6) is 0 Å². The van der Waals surface area contributed by atoms with Crippen molar-refractivity contribution < 1.29 is 0 Å². The summed E-state index contributed by atoms with van der Waals surface area (Å²) in [4.78, 5) is 3.53. The Bertz CT molecular complexity index is 747. The Hall–Kier alpha value is -0.840. The van der Waals surface area contributed by atoms with E-state index in [9.17, 15) is 0 Å². The van der Waals surface area contributed by atoms with E-state index in [1.165, 1.54) is 27.4 Å². The first-order chi connectivity index (χ1) is 9.22. The largest absolute Gasteiger partial charge is 0.354 e. The van der Waals surface area contributed by atoms with Crippen LogP contribution >= 0.6 is 31.9 Å². The number of aromatic nitrogens is 1. The summed E-state index contributed by atoms with van der Waals surface area (Å²) in [5, 5.41) is 2.53. The fraction of sp³-hybridized carbons (Fsp3) is 0.200. The highest BCUT2D eigenvalue weighted by Gasteiger charge is 2.13. The maximum atomic E-state index is 5.65. The number of halogens is 2. The first kappa shape index (κ1) is 13.2. The van der Waals surface area contributed by atoms with Crippen LogP contribution in [0.25, 0.3) is 21.8 Å². The summed E-state index contributed by atoms with van der Waals surface area (Å²) in [5.41, 5.74) is 9.33.